The predicted molar refractivity (Wildman–Crippen MR) is 76.7 cm³/mol. The Morgan fingerprint density at radius 1 is 1.45 bits per heavy atom. The van der Waals surface area contributed by atoms with Gasteiger partial charge in [-0.05, 0) is 51.7 Å². The number of nitro benzene ring substituents is 1. The Hall–Kier alpha value is -1.66. The van der Waals surface area contributed by atoms with E-state index in [1.165, 1.54) is 12.1 Å². The molecule has 1 aromatic rings. The van der Waals surface area contributed by atoms with Gasteiger partial charge in [-0.2, -0.15) is 0 Å². The first-order valence-corrected chi connectivity index (χ1v) is 6.82. The van der Waals surface area contributed by atoms with Crippen LogP contribution < -0.4 is 0 Å². The zero-order valence-corrected chi connectivity index (χ0v) is 12.0. The van der Waals surface area contributed by atoms with Crippen molar-refractivity contribution in [2.45, 2.75) is 25.4 Å². The predicted octanol–water partition coefficient (Wildman–Crippen LogP) is 1.83. The molecule has 0 unspecified atom stereocenters. The minimum atomic E-state index is -0.547. The summed E-state index contributed by atoms with van der Waals surface area (Å²) >= 11 is 0. The molecule has 1 N–H and O–H groups in total. The van der Waals surface area contributed by atoms with Crippen LogP contribution in [0.5, 0.6) is 5.75 Å². The Labute approximate surface area is 118 Å². The summed E-state index contributed by atoms with van der Waals surface area (Å²) in [5, 5.41) is 20.3. The average Bonchev–Trinajstić information content (AvgIpc) is 2.41. The van der Waals surface area contributed by atoms with Crippen molar-refractivity contribution >= 4 is 5.69 Å². The van der Waals surface area contributed by atoms with Crippen LogP contribution >= 0.6 is 0 Å². The summed E-state index contributed by atoms with van der Waals surface area (Å²) in [5.74, 6) is -0.277. The largest absolute Gasteiger partial charge is 0.502 e. The third-order valence-corrected chi connectivity index (χ3v) is 3.98. The molecule has 1 aromatic carbocycles. The number of nitro groups is 1. The third-order valence-electron chi connectivity index (χ3n) is 3.98. The minimum Gasteiger partial charge on any atom is -0.502 e. The number of likely N-dealkylation sites (tertiary alicyclic amines) is 1. The van der Waals surface area contributed by atoms with E-state index >= 15 is 0 Å². The molecule has 0 atom stereocenters. The van der Waals surface area contributed by atoms with E-state index in [0.717, 1.165) is 31.5 Å². The number of phenols is 1. The Morgan fingerprint density at radius 3 is 2.70 bits per heavy atom. The lowest BCUT2D eigenvalue weighted by atomic mass is 10.0. The van der Waals surface area contributed by atoms with Crippen molar-refractivity contribution in [3.63, 3.8) is 0 Å². The van der Waals surface area contributed by atoms with Crippen LogP contribution in [0, 0.1) is 10.1 Å². The highest BCUT2D eigenvalue weighted by Crippen LogP contribution is 2.27. The Kier molecular flexibility index (Phi) is 4.57. The molecule has 110 valence electrons. The summed E-state index contributed by atoms with van der Waals surface area (Å²) in [6.45, 7) is 2.84. The number of hydrogen-bond donors (Lipinski definition) is 1. The van der Waals surface area contributed by atoms with E-state index < -0.39 is 4.92 Å². The molecule has 6 heteroatoms. The molecule has 0 bridgehead atoms. The van der Waals surface area contributed by atoms with Crippen LogP contribution in [-0.2, 0) is 6.54 Å². The molecule has 0 radical (unpaired) electrons. The van der Waals surface area contributed by atoms with E-state index in [1.807, 2.05) is 0 Å². The second-order valence-electron chi connectivity index (χ2n) is 5.53. The molecule has 1 fully saturated rings. The normalized spacial score (nSPS) is 17.6. The maximum atomic E-state index is 10.8. The third kappa shape index (κ3) is 3.46. The van der Waals surface area contributed by atoms with Crippen molar-refractivity contribution in [2.75, 3.05) is 27.2 Å². The minimum absolute atomic E-state index is 0.223. The van der Waals surface area contributed by atoms with Crippen LogP contribution in [0.3, 0.4) is 0 Å². The van der Waals surface area contributed by atoms with Crippen molar-refractivity contribution in [3.8, 4) is 5.75 Å². The molecule has 2 rings (SSSR count). The summed E-state index contributed by atoms with van der Waals surface area (Å²) in [4.78, 5) is 14.8. The van der Waals surface area contributed by atoms with Crippen LogP contribution in [0.4, 0.5) is 5.69 Å². The summed E-state index contributed by atoms with van der Waals surface area (Å²) in [7, 11) is 4.17. The quantitative estimate of drug-likeness (QED) is 0.672. The van der Waals surface area contributed by atoms with E-state index in [4.69, 9.17) is 0 Å². The van der Waals surface area contributed by atoms with E-state index in [2.05, 4.69) is 23.9 Å². The van der Waals surface area contributed by atoms with Crippen LogP contribution in [0.2, 0.25) is 0 Å². The standard InChI is InChI=1S/C14H21N3O3/c1-15-7-5-12(6-8-15)16(2)10-11-3-4-14(18)13(9-11)17(19)20/h3-4,9,12,18H,5-8,10H2,1-2H3. The first-order valence-electron chi connectivity index (χ1n) is 6.82. The van der Waals surface area contributed by atoms with Crippen LogP contribution in [0.1, 0.15) is 18.4 Å². The first kappa shape index (κ1) is 14.7. The molecular formula is C14H21N3O3. The van der Waals surface area contributed by atoms with Gasteiger partial charge in [0.25, 0.3) is 0 Å². The Morgan fingerprint density at radius 2 is 2.10 bits per heavy atom. The lowest BCUT2D eigenvalue weighted by molar-refractivity contribution is -0.385. The summed E-state index contributed by atoms with van der Waals surface area (Å²) in [6.07, 6.45) is 2.24. The molecule has 1 aliphatic heterocycles. The van der Waals surface area contributed by atoms with Gasteiger partial charge in [0, 0.05) is 18.7 Å². The smallest absolute Gasteiger partial charge is 0.311 e. The molecule has 0 aliphatic carbocycles. The number of phenolic OH excluding ortho intramolecular Hbond substituents is 1. The topological polar surface area (TPSA) is 69.8 Å². The van der Waals surface area contributed by atoms with Crippen LogP contribution in [-0.4, -0.2) is 53.1 Å². The number of rotatable bonds is 4. The number of piperidine rings is 1. The first-order chi connectivity index (χ1) is 9.47. The Bertz CT molecular complexity index is 485. The number of benzene rings is 1. The second kappa shape index (κ2) is 6.19. The molecule has 1 heterocycles. The molecule has 20 heavy (non-hydrogen) atoms. The lowest BCUT2D eigenvalue weighted by Gasteiger charge is -2.35. The van der Waals surface area contributed by atoms with Crippen molar-refractivity contribution < 1.29 is 10.0 Å². The molecule has 0 spiro atoms. The zero-order valence-electron chi connectivity index (χ0n) is 12.0. The van der Waals surface area contributed by atoms with Crippen molar-refractivity contribution in [1.29, 1.82) is 0 Å². The molecule has 0 aromatic heterocycles. The second-order valence-corrected chi connectivity index (χ2v) is 5.53. The van der Waals surface area contributed by atoms with Gasteiger partial charge in [0.2, 0.25) is 0 Å². The fourth-order valence-electron chi connectivity index (χ4n) is 2.67. The Balaban J connectivity index is 2.02. The van der Waals surface area contributed by atoms with E-state index in [-0.39, 0.29) is 11.4 Å². The summed E-state index contributed by atoms with van der Waals surface area (Å²) in [5.41, 5.74) is 0.634. The molecule has 1 saturated heterocycles. The van der Waals surface area contributed by atoms with Gasteiger partial charge >= 0.3 is 5.69 Å². The van der Waals surface area contributed by atoms with E-state index in [0.29, 0.717) is 12.6 Å². The van der Waals surface area contributed by atoms with Gasteiger partial charge in [0.1, 0.15) is 0 Å². The van der Waals surface area contributed by atoms with Gasteiger partial charge in [0.05, 0.1) is 4.92 Å². The SMILES string of the molecule is CN1CCC(N(C)Cc2ccc(O)c([N+](=O)[O-])c2)CC1. The number of nitrogens with zero attached hydrogens (tertiary/aromatic N) is 3. The monoisotopic (exact) mass is 279 g/mol. The van der Waals surface area contributed by atoms with Crippen molar-refractivity contribution in [3.05, 3.63) is 33.9 Å². The fraction of sp³-hybridized carbons (Fsp3) is 0.571. The van der Waals surface area contributed by atoms with E-state index in [9.17, 15) is 15.2 Å². The maximum Gasteiger partial charge on any atom is 0.311 e. The van der Waals surface area contributed by atoms with Crippen LogP contribution in [0.15, 0.2) is 18.2 Å². The molecule has 1 aliphatic rings. The zero-order chi connectivity index (χ0) is 14.7. The molecule has 0 amide bonds. The van der Waals surface area contributed by atoms with Gasteiger partial charge in [-0.3, -0.25) is 15.0 Å². The van der Waals surface area contributed by atoms with Crippen molar-refractivity contribution in [2.24, 2.45) is 0 Å². The molecular weight excluding hydrogens is 258 g/mol. The van der Waals surface area contributed by atoms with Gasteiger partial charge < -0.3 is 10.0 Å². The van der Waals surface area contributed by atoms with Gasteiger partial charge in [-0.25, -0.2) is 0 Å². The highest BCUT2D eigenvalue weighted by molar-refractivity contribution is 5.47. The fourth-order valence-corrected chi connectivity index (χ4v) is 2.67. The highest BCUT2D eigenvalue weighted by Gasteiger charge is 2.21. The maximum absolute atomic E-state index is 10.8. The summed E-state index contributed by atoms with van der Waals surface area (Å²) in [6, 6.07) is 5.11. The number of aromatic hydroxyl groups is 1. The van der Waals surface area contributed by atoms with Crippen LogP contribution in [0.25, 0.3) is 0 Å². The molecule has 0 saturated carbocycles. The van der Waals surface area contributed by atoms with E-state index in [1.54, 1.807) is 6.07 Å². The lowest BCUT2D eigenvalue weighted by Crippen LogP contribution is -2.41. The number of hydrogen-bond acceptors (Lipinski definition) is 5. The summed E-state index contributed by atoms with van der Waals surface area (Å²) < 4.78 is 0. The molecule has 6 nitrogen and oxygen atoms in total. The highest BCUT2D eigenvalue weighted by atomic mass is 16.6. The van der Waals surface area contributed by atoms with Gasteiger partial charge in [0.15, 0.2) is 5.75 Å². The van der Waals surface area contributed by atoms with Gasteiger partial charge in [-0.15, -0.1) is 0 Å². The van der Waals surface area contributed by atoms with Gasteiger partial charge in [-0.1, -0.05) is 6.07 Å². The average molecular weight is 279 g/mol. The van der Waals surface area contributed by atoms with Crippen molar-refractivity contribution in [1.82, 2.24) is 9.80 Å².